The quantitative estimate of drug-likeness (QED) is 0.858. The van der Waals surface area contributed by atoms with Gasteiger partial charge in [-0.3, -0.25) is 4.90 Å². The summed E-state index contributed by atoms with van der Waals surface area (Å²) in [6.45, 7) is 7.31. The molecule has 0 radical (unpaired) electrons. The molecule has 2 atom stereocenters. The lowest BCUT2D eigenvalue weighted by Crippen LogP contribution is -2.53. The van der Waals surface area contributed by atoms with Gasteiger partial charge in [0.25, 0.3) is 0 Å². The number of aromatic nitrogens is 1. The van der Waals surface area contributed by atoms with E-state index in [9.17, 15) is 0 Å². The van der Waals surface area contributed by atoms with Crippen LogP contribution in [-0.4, -0.2) is 23.0 Å². The highest BCUT2D eigenvalue weighted by Crippen LogP contribution is 2.45. The molecule has 1 aromatic heterocycles. The highest BCUT2D eigenvalue weighted by molar-refractivity contribution is 5.85. The molecule has 2 aliphatic heterocycles. The Balaban J connectivity index is 1.67. The van der Waals surface area contributed by atoms with Gasteiger partial charge in [0.2, 0.25) is 0 Å². The van der Waals surface area contributed by atoms with Crippen LogP contribution in [0, 0.1) is 5.92 Å². The number of H-pyrrole nitrogens is 1. The number of hydrogen-bond acceptors (Lipinski definition) is 1. The van der Waals surface area contributed by atoms with Gasteiger partial charge in [-0.05, 0) is 50.2 Å². The first kappa shape index (κ1) is 14.3. The summed E-state index contributed by atoms with van der Waals surface area (Å²) in [4.78, 5) is 6.54. The van der Waals surface area contributed by atoms with Crippen molar-refractivity contribution < 1.29 is 0 Å². The van der Waals surface area contributed by atoms with Gasteiger partial charge in [0, 0.05) is 29.7 Å². The first-order valence-electron chi connectivity index (χ1n) is 9.07. The van der Waals surface area contributed by atoms with Gasteiger partial charge in [-0.25, -0.2) is 0 Å². The van der Waals surface area contributed by atoms with Crippen LogP contribution in [0.15, 0.2) is 24.3 Å². The molecule has 4 rings (SSSR count). The number of rotatable bonds is 3. The number of aromatic amines is 1. The summed E-state index contributed by atoms with van der Waals surface area (Å²) in [6, 6.07) is 8.84. The Kier molecular flexibility index (Phi) is 3.53. The first-order chi connectivity index (χ1) is 10.7. The second kappa shape index (κ2) is 5.42. The first-order valence-corrected chi connectivity index (χ1v) is 9.07. The molecular formula is C20H28N2. The number of unbranched alkanes of at least 4 members (excludes halogenated alkanes) is 1. The highest BCUT2D eigenvalue weighted by atomic mass is 15.2. The second-order valence-electron chi connectivity index (χ2n) is 7.54. The molecule has 2 heteroatoms. The van der Waals surface area contributed by atoms with Crippen LogP contribution in [0.3, 0.4) is 0 Å². The molecule has 1 N–H and O–H groups in total. The maximum absolute atomic E-state index is 3.77. The molecule has 2 unspecified atom stereocenters. The predicted molar refractivity (Wildman–Crippen MR) is 93.2 cm³/mol. The molecule has 1 aromatic carbocycles. The van der Waals surface area contributed by atoms with Crippen LogP contribution < -0.4 is 0 Å². The van der Waals surface area contributed by atoms with Crippen molar-refractivity contribution in [2.24, 2.45) is 5.92 Å². The zero-order chi connectivity index (χ0) is 15.2. The standard InChI is InChI=1S/C20H28N2/c1-3-4-7-15-10-12-20(2)19-17(11-13-22(20)14-15)16-8-5-6-9-18(16)21-19/h5-6,8-9,15,21H,3-4,7,10-14H2,1-2H3. The van der Waals surface area contributed by atoms with Gasteiger partial charge in [0.1, 0.15) is 0 Å². The van der Waals surface area contributed by atoms with Crippen molar-refractivity contribution in [3.8, 4) is 0 Å². The lowest BCUT2D eigenvalue weighted by atomic mass is 9.76. The topological polar surface area (TPSA) is 19.0 Å². The van der Waals surface area contributed by atoms with Crippen LogP contribution in [0.2, 0.25) is 0 Å². The molecule has 22 heavy (non-hydrogen) atoms. The van der Waals surface area contributed by atoms with Gasteiger partial charge in [-0.15, -0.1) is 0 Å². The molecule has 2 nitrogen and oxygen atoms in total. The number of nitrogens with zero attached hydrogens (tertiary/aromatic N) is 1. The average Bonchev–Trinajstić information content (AvgIpc) is 2.93. The minimum Gasteiger partial charge on any atom is -0.357 e. The van der Waals surface area contributed by atoms with E-state index >= 15 is 0 Å². The predicted octanol–water partition coefficient (Wildman–Crippen LogP) is 4.84. The number of piperidine rings is 1. The molecule has 118 valence electrons. The van der Waals surface area contributed by atoms with E-state index in [0.717, 1.165) is 5.92 Å². The number of nitrogens with one attached hydrogen (secondary N) is 1. The summed E-state index contributed by atoms with van der Waals surface area (Å²) in [6.07, 6.45) is 8.05. The molecule has 0 bridgehead atoms. The Morgan fingerprint density at radius 3 is 3.05 bits per heavy atom. The lowest BCUT2D eigenvalue weighted by Gasteiger charge is -2.50. The van der Waals surface area contributed by atoms with E-state index in [4.69, 9.17) is 0 Å². The fourth-order valence-electron chi connectivity index (χ4n) is 4.76. The zero-order valence-electron chi connectivity index (χ0n) is 14.0. The summed E-state index contributed by atoms with van der Waals surface area (Å²) >= 11 is 0. The molecule has 0 amide bonds. The molecule has 2 aromatic rings. The van der Waals surface area contributed by atoms with Crippen LogP contribution in [0.5, 0.6) is 0 Å². The van der Waals surface area contributed by atoms with Crippen LogP contribution in [-0.2, 0) is 12.0 Å². The summed E-state index contributed by atoms with van der Waals surface area (Å²) in [7, 11) is 0. The third kappa shape index (κ3) is 2.11. The van der Waals surface area contributed by atoms with E-state index in [-0.39, 0.29) is 5.54 Å². The number of para-hydroxylation sites is 1. The van der Waals surface area contributed by atoms with Crippen LogP contribution >= 0.6 is 0 Å². The second-order valence-corrected chi connectivity index (χ2v) is 7.54. The Morgan fingerprint density at radius 1 is 1.32 bits per heavy atom. The molecule has 0 aliphatic carbocycles. The van der Waals surface area contributed by atoms with E-state index in [1.165, 1.54) is 68.2 Å². The molecule has 1 fully saturated rings. The fraction of sp³-hybridized carbons (Fsp3) is 0.600. The smallest absolute Gasteiger partial charge is 0.0586 e. The lowest BCUT2D eigenvalue weighted by molar-refractivity contribution is 0.0153. The number of benzene rings is 1. The van der Waals surface area contributed by atoms with Crippen molar-refractivity contribution in [2.75, 3.05) is 13.1 Å². The van der Waals surface area contributed by atoms with E-state index < -0.39 is 0 Å². The van der Waals surface area contributed by atoms with Crippen molar-refractivity contribution >= 4 is 10.9 Å². The Labute approximate surface area is 133 Å². The maximum atomic E-state index is 3.77. The van der Waals surface area contributed by atoms with Gasteiger partial charge >= 0.3 is 0 Å². The average molecular weight is 296 g/mol. The van der Waals surface area contributed by atoms with E-state index in [2.05, 4.69) is 48.0 Å². The summed E-state index contributed by atoms with van der Waals surface area (Å²) < 4.78 is 0. The minimum absolute atomic E-state index is 0.231. The van der Waals surface area contributed by atoms with Crippen molar-refractivity contribution in [1.29, 1.82) is 0 Å². The highest BCUT2D eigenvalue weighted by Gasteiger charge is 2.43. The van der Waals surface area contributed by atoms with Gasteiger partial charge in [-0.2, -0.15) is 0 Å². The molecular weight excluding hydrogens is 268 g/mol. The van der Waals surface area contributed by atoms with E-state index in [1.807, 2.05) is 0 Å². The summed E-state index contributed by atoms with van der Waals surface area (Å²) in [5, 5.41) is 1.45. The van der Waals surface area contributed by atoms with Gasteiger partial charge in [0.15, 0.2) is 0 Å². The largest absolute Gasteiger partial charge is 0.357 e. The Morgan fingerprint density at radius 2 is 2.18 bits per heavy atom. The van der Waals surface area contributed by atoms with E-state index in [1.54, 1.807) is 5.56 Å². The normalized spacial score (nSPS) is 28.5. The third-order valence-corrected chi connectivity index (χ3v) is 6.17. The van der Waals surface area contributed by atoms with Gasteiger partial charge in [-0.1, -0.05) is 38.0 Å². The van der Waals surface area contributed by atoms with Gasteiger partial charge in [0.05, 0.1) is 5.54 Å². The Bertz CT molecular complexity index is 671. The van der Waals surface area contributed by atoms with Gasteiger partial charge < -0.3 is 4.98 Å². The third-order valence-electron chi connectivity index (χ3n) is 6.17. The number of fused-ring (bicyclic) bond motifs is 5. The molecule has 0 spiro atoms. The van der Waals surface area contributed by atoms with E-state index in [0.29, 0.717) is 0 Å². The molecule has 2 aliphatic rings. The fourth-order valence-corrected chi connectivity index (χ4v) is 4.76. The van der Waals surface area contributed by atoms with Crippen molar-refractivity contribution in [1.82, 2.24) is 9.88 Å². The van der Waals surface area contributed by atoms with Crippen molar-refractivity contribution in [3.05, 3.63) is 35.5 Å². The minimum atomic E-state index is 0.231. The zero-order valence-corrected chi connectivity index (χ0v) is 14.0. The van der Waals surface area contributed by atoms with Crippen LogP contribution in [0.1, 0.15) is 57.2 Å². The molecule has 0 saturated carbocycles. The molecule has 3 heterocycles. The maximum Gasteiger partial charge on any atom is 0.0586 e. The molecule has 1 saturated heterocycles. The van der Waals surface area contributed by atoms with Crippen LogP contribution in [0.4, 0.5) is 0 Å². The monoisotopic (exact) mass is 296 g/mol. The number of hydrogen-bond donors (Lipinski definition) is 1. The SMILES string of the molecule is CCCCC1CCC2(C)c3[nH]c4ccccc4c3CCN2C1. The van der Waals surface area contributed by atoms with Crippen molar-refractivity contribution in [3.63, 3.8) is 0 Å². The summed E-state index contributed by atoms with van der Waals surface area (Å²) in [5.41, 5.74) is 4.65. The van der Waals surface area contributed by atoms with Crippen LogP contribution in [0.25, 0.3) is 10.9 Å². The van der Waals surface area contributed by atoms with Crippen molar-refractivity contribution in [2.45, 2.75) is 57.9 Å². The Hall–Kier alpha value is -1.28. The summed E-state index contributed by atoms with van der Waals surface area (Å²) in [5.74, 6) is 0.916.